The fourth-order valence-corrected chi connectivity index (χ4v) is 3.81. The lowest BCUT2D eigenvalue weighted by atomic mass is 9.95. The van der Waals surface area contributed by atoms with Crippen LogP contribution in [-0.2, 0) is 14.3 Å². The van der Waals surface area contributed by atoms with Crippen molar-refractivity contribution in [2.45, 2.75) is 32.1 Å². The summed E-state index contributed by atoms with van der Waals surface area (Å²) >= 11 is 0. The molecule has 23 heavy (non-hydrogen) atoms. The summed E-state index contributed by atoms with van der Waals surface area (Å²) in [6.07, 6.45) is 5.29. The second kappa shape index (κ2) is 8.11. The van der Waals surface area contributed by atoms with Gasteiger partial charge in [0.25, 0.3) is 0 Å². The van der Waals surface area contributed by atoms with Crippen molar-refractivity contribution >= 4 is 11.8 Å². The van der Waals surface area contributed by atoms with Gasteiger partial charge in [-0.05, 0) is 45.2 Å². The topological polar surface area (TPSA) is 53.1 Å². The predicted molar refractivity (Wildman–Crippen MR) is 87.0 cm³/mol. The Kier molecular flexibility index (Phi) is 5.89. The van der Waals surface area contributed by atoms with Gasteiger partial charge in [-0.15, -0.1) is 0 Å². The summed E-state index contributed by atoms with van der Waals surface area (Å²) < 4.78 is 5.31. The molecule has 0 bridgehead atoms. The van der Waals surface area contributed by atoms with E-state index < -0.39 is 0 Å². The van der Waals surface area contributed by atoms with Gasteiger partial charge in [0, 0.05) is 32.1 Å². The van der Waals surface area contributed by atoms with Gasteiger partial charge in [0.1, 0.15) is 0 Å². The van der Waals surface area contributed by atoms with Gasteiger partial charge in [-0.1, -0.05) is 0 Å². The summed E-state index contributed by atoms with van der Waals surface area (Å²) in [5.41, 5.74) is 0. The molecule has 3 rings (SSSR count). The van der Waals surface area contributed by atoms with Crippen molar-refractivity contribution in [1.82, 2.24) is 14.7 Å². The van der Waals surface area contributed by atoms with Crippen LogP contribution in [0.5, 0.6) is 0 Å². The monoisotopic (exact) mass is 323 g/mol. The Hall–Kier alpha value is -1.14. The van der Waals surface area contributed by atoms with Gasteiger partial charge in [-0.25, -0.2) is 0 Å². The molecule has 0 atom stereocenters. The fraction of sp³-hybridized carbons (Fsp3) is 0.882. The zero-order chi connectivity index (χ0) is 16.1. The molecule has 3 saturated heterocycles. The number of hydrogen-bond donors (Lipinski definition) is 0. The van der Waals surface area contributed by atoms with Crippen molar-refractivity contribution in [3.8, 4) is 0 Å². The molecule has 0 unspecified atom stereocenters. The van der Waals surface area contributed by atoms with E-state index in [1.807, 2.05) is 9.80 Å². The number of likely N-dealkylation sites (tertiary alicyclic amines) is 2. The van der Waals surface area contributed by atoms with Crippen molar-refractivity contribution in [3.63, 3.8) is 0 Å². The largest absolute Gasteiger partial charge is 0.378 e. The molecular weight excluding hydrogens is 294 g/mol. The zero-order valence-corrected chi connectivity index (χ0v) is 14.0. The van der Waals surface area contributed by atoms with E-state index in [4.69, 9.17) is 4.74 Å². The van der Waals surface area contributed by atoms with Crippen molar-refractivity contribution in [2.24, 2.45) is 5.92 Å². The fourth-order valence-electron chi connectivity index (χ4n) is 3.81. The molecular formula is C17H29N3O3. The first-order valence-corrected chi connectivity index (χ1v) is 9.11. The highest BCUT2D eigenvalue weighted by atomic mass is 16.5. The number of rotatable bonds is 3. The Labute approximate surface area is 138 Å². The summed E-state index contributed by atoms with van der Waals surface area (Å²) in [5, 5.41) is 0. The molecule has 3 aliphatic heterocycles. The van der Waals surface area contributed by atoms with Gasteiger partial charge < -0.3 is 14.5 Å². The quantitative estimate of drug-likeness (QED) is 0.762. The lowest BCUT2D eigenvalue weighted by Crippen LogP contribution is -2.48. The Morgan fingerprint density at radius 2 is 1.48 bits per heavy atom. The molecule has 0 aromatic heterocycles. The van der Waals surface area contributed by atoms with Crippen LogP contribution >= 0.6 is 0 Å². The van der Waals surface area contributed by atoms with Gasteiger partial charge in [0.15, 0.2) is 0 Å². The average Bonchev–Trinajstić information content (AvgIpc) is 2.63. The highest BCUT2D eigenvalue weighted by molar-refractivity contribution is 5.79. The third-order valence-corrected chi connectivity index (χ3v) is 5.33. The maximum absolute atomic E-state index is 12.5. The molecule has 2 amide bonds. The van der Waals surface area contributed by atoms with Crippen molar-refractivity contribution in [1.29, 1.82) is 0 Å². The molecule has 0 aliphatic carbocycles. The van der Waals surface area contributed by atoms with Crippen molar-refractivity contribution in [3.05, 3.63) is 0 Å². The first-order valence-electron chi connectivity index (χ1n) is 9.11. The number of hydrogen-bond acceptors (Lipinski definition) is 4. The average molecular weight is 323 g/mol. The number of nitrogens with zero attached hydrogens (tertiary/aromatic N) is 3. The summed E-state index contributed by atoms with van der Waals surface area (Å²) in [6.45, 7) is 6.87. The zero-order valence-electron chi connectivity index (χ0n) is 14.0. The second-order valence-electron chi connectivity index (χ2n) is 6.93. The molecule has 0 radical (unpaired) electrons. The van der Waals surface area contributed by atoms with Crippen molar-refractivity contribution in [2.75, 3.05) is 59.0 Å². The summed E-state index contributed by atoms with van der Waals surface area (Å²) in [4.78, 5) is 31.0. The summed E-state index contributed by atoms with van der Waals surface area (Å²) in [7, 11) is 0. The van der Waals surface area contributed by atoms with Crippen LogP contribution in [0.2, 0.25) is 0 Å². The molecule has 6 nitrogen and oxygen atoms in total. The van der Waals surface area contributed by atoms with Crippen LogP contribution in [0.25, 0.3) is 0 Å². The van der Waals surface area contributed by atoms with Crippen LogP contribution < -0.4 is 0 Å². The highest BCUT2D eigenvalue weighted by Gasteiger charge is 2.30. The Balaban J connectivity index is 1.41. The maximum Gasteiger partial charge on any atom is 0.236 e. The normalized spacial score (nSPS) is 24.7. The number of piperidine rings is 2. The van der Waals surface area contributed by atoms with Crippen LogP contribution in [0.3, 0.4) is 0 Å². The first-order chi connectivity index (χ1) is 11.2. The number of ether oxygens (including phenoxy) is 1. The van der Waals surface area contributed by atoms with E-state index in [-0.39, 0.29) is 17.7 Å². The van der Waals surface area contributed by atoms with E-state index in [2.05, 4.69) is 4.90 Å². The second-order valence-corrected chi connectivity index (χ2v) is 6.93. The third-order valence-electron chi connectivity index (χ3n) is 5.33. The standard InChI is InChI=1S/C17H29N3O3/c21-16(19-6-2-1-3-7-19)14-18-8-4-15(5-9-18)17(22)20-10-12-23-13-11-20/h15H,1-14H2. The number of carbonyl (C=O) groups is 2. The number of carbonyl (C=O) groups excluding carboxylic acids is 2. The molecule has 0 N–H and O–H groups in total. The van der Waals surface area contributed by atoms with Crippen LogP contribution in [0.4, 0.5) is 0 Å². The smallest absolute Gasteiger partial charge is 0.236 e. The van der Waals surface area contributed by atoms with Gasteiger partial charge in [0.05, 0.1) is 19.8 Å². The Bertz CT molecular complexity index is 409. The van der Waals surface area contributed by atoms with Gasteiger partial charge >= 0.3 is 0 Å². The highest BCUT2D eigenvalue weighted by Crippen LogP contribution is 2.20. The van der Waals surface area contributed by atoms with E-state index in [1.165, 1.54) is 6.42 Å². The van der Waals surface area contributed by atoms with Gasteiger partial charge in [-0.2, -0.15) is 0 Å². The molecule has 130 valence electrons. The molecule has 3 heterocycles. The molecule has 0 spiro atoms. The van der Waals surface area contributed by atoms with E-state index in [0.717, 1.165) is 65.0 Å². The molecule has 0 aromatic rings. The molecule has 3 fully saturated rings. The predicted octanol–water partition coefficient (Wildman–Crippen LogP) is 0.570. The molecule has 0 saturated carbocycles. The van der Waals surface area contributed by atoms with Crippen LogP contribution in [-0.4, -0.2) is 85.5 Å². The number of morpholine rings is 1. The van der Waals surface area contributed by atoms with E-state index >= 15 is 0 Å². The molecule has 3 aliphatic rings. The summed E-state index contributed by atoms with van der Waals surface area (Å²) in [5.74, 6) is 0.687. The van der Waals surface area contributed by atoms with Crippen LogP contribution in [0, 0.1) is 5.92 Å². The number of amides is 2. The minimum absolute atomic E-state index is 0.134. The minimum atomic E-state index is 0.134. The van der Waals surface area contributed by atoms with Gasteiger partial charge in [0.2, 0.25) is 11.8 Å². The Morgan fingerprint density at radius 1 is 0.826 bits per heavy atom. The lowest BCUT2D eigenvalue weighted by molar-refractivity contribution is -0.141. The Morgan fingerprint density at radius 3 is 2.13 bits per heavy atom. The SMILES string of the molecule is O=C(CN1CCC(C(=O)N2CCOCC2)CC1)N1CCCCC1. The molecule has 0 aromatic carbocycles. The van der Waals surface area contributed by atoms with Crippen LogP contribution in [0.15, 0.2) is 0 Å². The minimum Gasteiger partial charge on any atom is -0.378 e. The van der Waals surface area contributed by atoms with Gasteiger partial charge in [-0.3, -0.25) is 14.5 Å². The maximum atomic E-state index is 12.5. The van der Waals surface area contributed by atoms with Crippen LogP contribution in [0.1, 0.15) is 32.1 Å². The summed E-state index contributed by atoms with van der Waals surface area (Å²) in [6, 6.07) is 0. The lowest BCUT2D eigenvalue weighted by Gasteiger charge is -2.36. The molecule has 6 heteroatoms. The van der Waals surface area contributed by atoms with E-state index in [1.54, 1.807) is 0 Å². The van der Waals surface area contributed by atoms with Crippen molar-refractivity contribution < 1.29 is 14.3 Å². The van der Waals surface area contributed by atoms with E-state index in [9.17, 15) is 9.59 Å². The first kappa shape index (κ1) is 16.7. The van der Waals surface area contributed by atoms with E-state index in [0.29, 0.717) is 19.8 Å². The third kappa shape index (κ3) is 4.44.